The number of amides is 1. The molecular formula is C19H29N3O3S. The zero-order chi connectivity index (χ0) is 18.6. The van der Waals surface area contributed by atoms with Gasteiger partial charge in [-0.1, -0.05) is 6.07 Å². The maximum absolute atomic E-state index is 12.3. The molecule has 2 aliphatic heterocycles. The highest BCUT2D eigenvalue weighted by atomic mass is 32.2. The molecule has 1 amide bonds. The van der Waals surface area contributed by atoms with Crippen LogP contribution in [0, 0.1) is 5.41 Å². The molecule has 0 unspecified atom stereocenters. The van der Waals surface area contributed by atoms with Crippen molar-refractivity contribution in [3.05, 3.63) is 30.1 Å². The Morgan fingerprint density at radius 1 is 1.19 bits per heavy atom. The molecule has 7 heteroatoms. The summed E-state index contributed by atoms with van der Waals surface area (Å²) in [6, 6.07) is 6.05. The summed E-state index contributed by atoms with van der Waals surface area (Å²) in [5.41, 5.74) is 1.40. The number of carbonyl (C=O) groups excluding carboxylic acids is 1. The number of carbonyl (C=O) groups is 1. The van der Waals surface area contributed by atoms with Crippen LogP contribution >= 0.6 is 0 Å². The van der Waals surface area contributed by atoms with E-state index in [1.165, 1.54) is 19.1 Å². The van der Waals surface area contributed by atoms with E-state index < -0.39 is 9.84 Å². The van der Waals surface area contributed by atoms with Gasteiger partial charge in [-0.2, -0.15) is 0 Å². The average molecular weight is 380 g/mol. The molecule has 144 valence electrons. The summed E-state index contributed by atoms with van der Waals surface area (Å²) in [6.45, 7) is 4.56. The van der Waals surface area contributed by atoms with Crippen LogP contribution in [-0.4, -0.2) is 67.3 Å². The van der Waals surface area contributed by atoms with Crippen LogP contribution in [0.25, 0.3) is 0 Å². The van der Waals surface area contributed by atoms with Gasteiger partial charge in [0.05, 0.1) is 11.4 Å². The third-order valence-electron chi connectivity index (χ3n) is 5.72. The van der Waals surface area contributed by atoms with Gasteiger partial charge in [0, 0.05) is 45.1 Å². The number of piperidine rings is 2. The largest absolute Gasteiger partial charge is 0.343 e. The molecule has 0 atom stereocenters. The van der Waals surface area contributed by atoms with Gasteiger partial charge in [0.2, 0.25) is 5.91 Å². The predicted molar refractivity (Wildman–Crippen MR) is 101 cm³/mol. The fraction of sp³-hybridized carbons (Fsp3) is 0.684. The second-order valence-electron chi connectivity index (χ2n) is 7.90. The molecule has 1 aromatic heterocycles. The quantitative estimate of drug-likeness (QED) is 0.779. The predicted octanol–water partition coefficient (Wildman–Crippen LogP) is 1.72. The first-order valence-electron chi connectivity index (χ1n) is 9.43. The Bertz CT molecular complexity index is 713. The third-order valence-corrected chi connectivity index (χ3v) is 6.66. The van der Waals surface area contributed by atoms with Crippen LogP contribution in [0.15, 0.2) is 24.4 Å². The normalized spacial score (nSPS) is 21.0. The van der Waals surface area contributed by atoms with E-state index in [0.717, 1.165) is 51.3 Å². The molecule has 0 N–H and O–H groups in total. The van der Waals surface area contributed by atoms with E-state index in [0.29, 0.717) is 5.41 Å². The van der Waals surface area contributed by atoms with Crippen LogP contribution in [0.1, 0.15) is 37.8 Å². The highest BCUT2D eigenvalue weighted by Crippen LogP contribution is 2.40. The van der Waals surface area contributed by atoms with E-state index in [1.54, 1.807) is 0 Å². The Morgan fingerprint density at radius 3 is 2.62 bits per heavy atom. The Hall–Kier alpha value is -1.47. The van der Waals surface area contributed by atoms with Gasteiger partial charge in [-0.05, 0) is 49.8 Å². The molecule has 0 aromatic carbocycles. The Morgan fingerprint density at radius 2 is 1.96 bits per heavy atom. The van der Waals surface area contributed by atoms with Crippen LogP contribution in [-0.2, 0) is 21.2 Å². The second kappa shape index (κ2) is 8.05. The summed E-state index contributed by atoms with van der Waals surface area (Å²) >= 11 is 0. The topological polar surface area (TPSA) is 70.6 Å². The fourth-order valence-electron chi connectivity index (χ4n) is 4.24. The minimum Gasteiger partial charge on any atom is -0.343 e. The van der Waals surface area contributed by atoms with Crippen molar-refractivity contribution in [1.82, 2.24) is 14.8 Å². The van der Waals surface area contributed by atoms with Crippen LogP contribution in [0.2, 0.25) is 0 Å². The van der Waals surface area contributed by atoms with Crippen molar-refractivity contribution in [3.63, 3.8) is 0 Å². The molecule has 26 heavy (non-hydrogen) atoms. The lowest BCUT2D eigenvalue weighted by Gasteiger charge is -2.47. The molecule has 6 nitrogen and oxygen atoms in total. The second-order valence-corrected chi connectivity index (χ2v) is 10.2. The summed E-state index contributed by atoms with van der Waals surface area (Å²) in [5.74, 6) is -0.0721. The number of sulfone groups is 1. The number of likely N-dealkylation sites (tertiary alicyclic amines) is 2. The Kier molecular flexibility index (Phi) is 5.97. The maximum atomic E-state index is 12.3. The van der Waals surface area contributed by atoms with Crippen LogP contribution in [0.4, 0.5) is 0 Å². The van der Waals surface area contributed by atoms with Crippen molar-refractivity contribution < 1.29 is 13.2 Å². The highest BCUT2D eigenvalue weighted by Gasteiger charge is 2.39. The first kappa shape index (κ1) is 19.3. The van der Waals surface area contributed by atoms with Gasteiger partial charge in [-0.3, -0.25) is 14.7 Å². The van der Waals surface area contributed by atoms with Crippen LogP contribution < -0.4 is 0 Å². The van der Waals surface area contributed by atoms with Gasteiger partial charge in [0.1, 0.15) is 9.84 Å². The monoisotopic (exact) mass is 379 g/mol. The average Bonchev–Trinajstić information content (AvgIpc) is 2.61. The lowest BCUT2D eigenvalue weighted by Crippen LogP contribution is -2.50. The summed E-state index contributed by atoms with van der Waals surface area (Å²) < 4.78 is 22.5. The van der Waals surface area contributed by atoms with E-state index in [-0.39, 0.29) is 18.1 Å². The first-order valence-corrected chi connectivity index (χ1v) is 11.5. The smallest absolute Gasteiger partial charge is 0.223 e. The summed E-state index contributed by atoms with van der Waals surface area (Å²) in [7, 11) is -3.08. The first-order chi connectivity index (χ1) is 12.4. The molecule has 2 saturated heterocycles. The lowest BCUT2D eigenvalue weighted by molar-refractivity contribution is -0.133. The van der Waals surface area contributed by atoms with Gasteiger partial charge in [-0.25, -0.2) is 8.42 Å². The van der Waals surface area contributed by atoms with Gasteiger partial charge in [-0.15, -0.1) is 0 Å². The SMILES string of the molecule is CS(=O)(=O)CCC(=O)N1CCC2(CCCN(Cc3ccccn3)C2)CC1. The van der Waals surface area contributed by atoms with E-state index >= 15 is 0 Å². The molecule has 3 rings (SSSR count). The molecule has 0 radical (unpaired) electrons. The summed E-state index contributed by atoms with van der Waals surface area (Å²) in [5, 5.41) is 0. The maximum Gasteiger partial charge on any atom is 0.223 e. The molecule has 3 heterocycles. The third kappa shape index (κ3) is 5.27. The molecule has 1 aromatic rings. The van der Waals surface area contributed by atoms with Crippen molar-refractivity contribution in [3.8, 4) is 0 Å². The molecule has 2 aliphatic rings. The van der Waals surface area contributed by atoms with E-state index in [2.05, 4.69) is 16.0 Å². The molecule has 0 aliphatic carbocycles. The van der Waals surface area contributed by atoms with Crippen molar-refractivity contribution in [2.45, 2.75) is 38.6 Å². The molecule has 0 saturated carbocycles. The minimum absolute atomic E-state index is 0.0218. The van der Waals surface area contributed by atoms with Gasteiger partial charge < -0.3 is 4.90 Å². The standard InChI is InChI=1S/C19H29N3O3S/c1-26(24,25)14-6-18(23)22-12-8-19(9-13-22)7-4-11-21(16-19)15-17-5-2-3-10-20-17/h2-3,5,10H,4,6-9,11-16H2,1H3. The zero-order valence-electron chi connectivity index (χ0n) is 15.6. The number of pyridine rings is 1. The number of nitrogens with zero attached hydrogens (tertiary/aromatic N) is 3. The summed E-state index contributed by atoms with van der Waals surface area (Å²) in [4.78, 5) is 21.1. The van der Waals surface area contributed by atoms with Crippen molar-refractivity contribution in [2.75, 3.05) is 38.2 Å². The van der Waals surface area contributed by atoms with Crippen LogP contribution in [0.3, 0.4) is 0 Å². The minimum atomic E-state index is -3.08. The summed E-state index contributed by atoms with van der Waals surface area (Å²) in [6.07, 6.45) is 7.57. The molecular weight excluding hydrogens is 350 g/mol. The zero-order valence-corrected chi connectivity index (χ0v) is 16.4. The number of hydrogen-bond acceptors (Lipinski definition) is 5. The Balaban J connectivity index is 1.52. The van der Waals surface area contributed by atoms with Gasteiger partial charge in [0.25, 0.3) is 0 Å². The van der Waals surface area contributed by atoms with Crippen molar-refractivity contribution in [2.24, 2.45) is 5.41 Å². The van der Waals surface area contributed by atoms with Crippen molar-refractivity contribution in [1.29, 1.82) is 0 Å². The van der Waals surface area contributed by atoms with Crippen LogP contribution in [0.5, 0.6) is 0 Å². The number of rotatable bonds is 5. The molecule has 1 spiro atoms. The van der Waals surface area contributed by atoms with Gasteiger partial charge in [0.15, 0.2) is 0 Å². The number of aromatic nitrogens is 1. The van der Waals surface area contributed by atoms with E-state index in [1.807, 2.05) is 23.2 Å². The number of hydrogen-bond donors (Lipinski definition) is 0. The molecule has 0 bridgehead atoms. The van der Waals surface area contributed by atoms with E-state index in [4.69, 9.17) is 0 Å². The highest BCUT2D eigenvalue weighted by molar-refractivity contribution is 7.90. The van der Waals surface area contributed by atoms with Gasteiger partial charge >= 0.3 is 0 Å². The lowest BCUT2D eigenvalue weighted by atomic mass is 9.72. The van der Waals surface area contributed by atoms with E-state index in [9.17, 15) is 13.2 Å². The van der Waals surface area contributed by atoms with Crippen molar-refractivity contribution >= 4 is 15.7 Å². The fourth-order valence-corrected chi connectivity index (χ4v) is 4.78. The Labute approximate surface area is 156 Å². The molecule has 2 fully saturated rings.